The molecular weight excluding hydrogens is 322 g/mol. The molecule has 1 aromatic heterocycles. The minimum atomic E-state index is -0.130. The molecule has 2 aliphatic rings. The van der Waals surface area contributed by atoms with Gasteiger partial charge in [-0.15, -0.1) is 0 Å². The van der Waals surface area contributed by atoms with Crippen LogP contribution in [0, 0.1) is 13.8 Å². The number of nitrogens with one attached hydrogen (secondary N) is 1. The Morgan fingerprint density at radius 2 is 2.08 bits per heavy atom. The second-order valence-electron chi connectivity index (χ2n) is 7.06. The second kappa shape index (κ2) is 7.91. The summed E-state index contributed by atoms with van der Waals surface area (Å²) in [5, 5.41) is 4.00. The third-order valence-corrected chi connectivity index (χ3v) is 6.28. The van der Waals surface area contributed by atoms with E-state index < -0.39 is 0 Å². The molecule has 1 N–H and O–H groups in total. The molecule has 0 radical (unpaired) electrons. The van der Waals surface area contributed by atoms with Gasteiger partial charge in [0.2, 0.25) is 5.91 Å². The highest BCUT2D eigenvalue weighted by Crippen LogP contribution is 2.28. The molecule has 6 heteroatoms. The number of ether oxygens (including phenoxy) is 1. The Kier molecular flexibility index (Phi) is 5.87. The Morgan fingerprint density at radius 3 is 2.75 bits per heavy atom. The van der Waals surface area contributed by atoms with E-state index in [1.807, 2.05) is 13.8 Å². The van der Waals surface area contributed by atoms with Crippen LogP contribution in [0.25, 0.3) is 0 Å². The van der Waals surface area contributed by atoms with Crippen LogP contribution in [-0.2, 0) is 16.1 Å². The molecule has 1 aromatic rings. The summed E-state index contributed by atoms with van der Waals surface area (Å²) in [6, 6.07) is 0.371. The zero-order chi connectivity index (χ0) is 17.1. The van der Waals surface area contributed by atoms with Crippen molar-refractivity contribution in [1.82, 2.24) is 14.9 Å². The van der Waals surface area contributed by atoms with Gasteiger partial charge in [0.05, 0.1) is 23.6 Å². The van der Waals surface area contributed by atoms with Crippen LogP contribution in [0.2, 0.25) is 0 Å². The Hall–Kier alpha value is -1.01. The van der Waals surface area contributed by atoms with E-state index in [1.165, 1.54) is 18.5 Å². The molecule has 0 bridgehead atoms. The van der Waals surface area contributed by atoms with Gasteiger partial charge in [-0.3, -0.25) is 4.79 Å². The molecule has 1 amide bonds. The van der Waals surface area contributed by atoms with Gasteiger partial charge in [0, 0.05) is 18.3 Å². The number of hydrogen-bond acceptors (Lipinski definition) is 4. The average Bonchev–Trinajstić information content (AvgIpc) is 3.28. The first kappa shape index (κ1) is 17.8. The van der Waals surface area contributed by atoms with Crippen LogP contribution < -0.4 is 5.32 Å². The van der Waals surface area contributed by atoms with E-state index in [0.717, 1.165) is 49.7 Å². The molecule has 1 saturated carbocycles. The van der Waals surface area contributed by atoms with Crippen molar-refractivity contribution in [3.05, 3.63) is 11.4 Å². The van der Waals surface area contributed by atoms with Gasteiger partial charge in [0.1, 0.15) is 0 Å². The number of thioether (sulfide) groups is 1. The molecule has 2 atom stereocenters. The fourth-order valence-electron chi connectivity index (χ4n) is 3.52. The van der Waals surface area contributed by atoms with E-state index in [9.17, 15) is 4.79 Å². The van der Waals surface area contributed by atoms with Gasteiger partial charge in [-0.1, -0.05) is 24.6 Å². The molecule has 24 heavy (non-hydrogen) atoms. The number of amides is 1. The highest BCUT2D eigenvalue weighted by atomic mass is 32.2. The lowest BCUT2D eigenvalue weighted by Gasteiger charge is -2.18. The quantitative estimate of drug-likeness (QED) is 0.800. The molecule has 5 nitrogen and oxygen atoms in total. The lowest BCUT2D eigenvalue weighted by molar-refractivity contribution is -0.120. The Labute approximate surface area is 148 Å². The second-order valence-corrected chi connectivity index (χ2v) is 8.37. The van der Waals surface area contributed by atoms with Crippen LogP contribution in [0.4, 0.5) is 0 Å². The molecule has 134 valence electrons. The molecule has 3 rings (SSSR count). The largest absolute Gasteiger partial charge is 0.376 e. The third-order valence-electron chi connectivity index (χ3n) is 5.19. The van der Waals surface area contributed by atoms with Crippen LogP contribution in [0.3, 0.4) is 0 Å². The van der Waals surface area contributed by atoms with E-state index in [2.05, 4.69) is 16.8 Å². The summed E-state index contributed by atoms with van der Waals surface area (Å²) in [6.45, 7) is 7.82. The van der Waals surface area contributed by atoms with E-state index in [-0.39, 0.29) is 17.3 Å². The zero-order valence-electron chi connectivity index (χ0n) is 15.0. The molecule has 1 aliphatic heterocycles. The molecule has 2 heterocycles. The standard InChI is InChI=1S/C18H29N3O2S/c1-12-13(2)21(11-16-9-6-10-23-16)18(19-12)24-14(3)17(22)20-15-7-4-5-8-15/h14-16H,4-11H2,1-3H3,(H,20,22). The Balaban J connectivity index is 1.64. The van der Waals surface area contributed by atoms with Crippen molar-refractivity contribution in [2.45, 2.75) is 88.4 Å². The third kappa shape index (κ3) is 4.14. The summed E-state index contributed by atoms with van der Waals surface area (Å²) in [7, 11) is 0. The highest BCUT2D eigenvalue weighted by Gasteiger charge is 2.25. The van der Waals surface area contributed by atoms with Crippen LogP contribution in [0.5, 0.6) is 0 Å². The lowest BCUT2D eigenvalue weighted by Crippen LogP contribution is -2.37. The van der Waals surface area contributed by atoms with Gasteiger partial charge < -0.3 is 14.6 Å². The van der Waals surface area contributed by atoms with E-state index in [4.69, 9.17) is 9.72 Å². The first-order valence-electron chi connectivity index (χ1n) is 9.17. The van der Waals surface area contributed by atoms with E-state index >= 15 is 0 Å². The monoisotopic (exact) mass is 351 g/mol. The van der Waals surface area contributed by atoms with E-state index in [0.29, 0.717) is 6.04 Å². The summed E-state index contributed by atoms with van der Waals surface area (Å²) in [5.74, 6) is 0.133. The Bertz CT molecular complexity index is 575. The van der Waals surface area contributed by atoms with Crippen molar-refractivity contribution >= 4 is 17.7 Å². The lowest BCUT2D eigenvalue weighted by atomic mass is 10.2. The van der Waals surface area contributed by atoms with Gasteiger partial charge in [0.15, 0.2) is 5.16 Å². The fraction of sp³-hybridized carbons (Fsp3) is 0.778. The predicted octanol–water partition coefficient (Wildman–Crippen LogP) is 3.22. The average molecular weight is 352 g/mol. The summed E-state index contributed by atoms with van der Waals surface area (Å²) in [6.07, 6.45) is 7.23. The maximum Gasteiger partial charge on any atom is 0.233 e. The molecule has 2 fully saturated rings. The Morgan fingerprint density at radius 1 is 1.33 bits per heavy atom. The number of imidazole rings is 1. The van der Waals surface area contributed by atoms with E-state index in [1.54, 1.807) is 11.8 Å². The highest BCUT2D eigenvalue weighted by molar-refractivity contribution is 8.00. The van der Waals surface area contributed by atoms with Gasteiger partial charge in [-0.05, 0) is 46.5 Å². The summed E-state index contributed by atoms with van der Waals surface area (Å²) >= 11 is 1.56. The number of aromatic nitrogens is 2. The van der Waals surface area contributed by atoms with Crippen molar-refractivity contribution in [2.24, 2.45) is 0 Å². The summed E-state index contributed by atoms with van der Waals surface area (Å²) < 4.78 is 8.01. The van der Waals surface area contributed by atoms with Crippen LogP contribution >= 0.6 is 11.8 Å². The first-order valence-corrected chi connectivity index (χ1v) is 10.0. The van der Waals surface area contributed by atoms with Crippen LogP contribution in [-0.4, -0.2) is 39.5 Å². The molecular formula is C18H29N3O2S. The smallest absolute Gasteiger partial charge is 0.233 e. The SMILES string of the molecule is Cc1nc(SC(C)C(=O)NC2CCCC2)n(CC2CCCO2)c1C. The van der Waals surface area contributed by atoms with Crippen molar-refractivity contribution in [2.75, 3.05) is 6.61 Å². The number of rotatable bonds is 6. The van der Waals surface area contributed by atoms with Crippen LogP contribution in [0.1, 0.15) is 56.8 Å². The maximum absolute atomic E-state index is 12.5. The normalized spacial score (nSPS) is 22.9. The van der Waals surface area contributed by atoms with Crippen molar-refractivity contribution in [3.63, 3.8) is 0 Å². The number of carbonyl (C=O) groups excluding carboxylic acids is 1. The minimum absolute atomic E-state index is 0.130. The topological polar surface area (TPSA) is 56.2 Å². The number of aryl methyl sites for hydroxylation is 1. The minimum Gasteiger partial charge on any atom is -0.376 e. The fourth-order valence-corrected chi connectivity index (χ4v) is 4.54. The number of hydrogen-bond donors (Lipinski definition) is 1. The van der Waals surface area contributed by atoms with Crippen molar-refractivity contribution < 1.29 is 9.53 Å². The van der Waals surface area contributed by atoms with Gasteiger partial charge >= 0.3 is 0 Å². The van der Waals surface area contributed by atoms with Crippen molar-refractivity contribution in [3.8, 4) is 0 Å². The predicted molar refractivity (Wildman–Crippen MR) is 96.4 cm³/mol. The summed E-state index contributed by atoms with van der Waals surface area (Å²) in [5.41, 5.74) is 2.22. The first-order chi connectivity index (χ1) is 11.5. The maximum atomic E-state index is 12.5. The number of nitrogens with zero attached hydrogens (tertiary/aromatic N) is 2. The molecule has 0 aromatic carbocycles. The van der Waals surface area contributed by atoms with Gasteiger partial charge in [0.25, 0.3) is 0 Å². The summed E-state index contributed by atoms with van der Waals surface area (Å²) in [4.78, 5) is 17.2. The van der Waals surface area contributed by atoms with Crippen LogP contribution in [0.15, 0.2) is 5.16 Å². The number of carbonyl (C=O) groups is 1. The molecule has 1 saturated heterocycles. The van der Waals surface area contributed by atoms with Crippen molar-refractivity contribution in [1.29, 1.82) is 0 Å². The molecule has 0 spiro atoms. The van der Waals surface area contributed by atoms with Gasteiger partial charge in [-0.2, -0.15) is 0 Å². The molecule has 1 aliphatic carbocycles. The zero-order valence-corrected chi connectivity index (χ0v) is 15.8. The molecule has 2 unspecified atom stereocenters. The van der Waals surface area contributed by atoms with Gasteiger partial charge in [-0.25, -0.2) is 4.98 Å².